The number of benzene rings is 2. The molecule has 0 saturated heterocycles. The van der Waals surface area contributed by atoms with Crippen molar-refractivity contribution in [3.8, 4) is 11.5 Å². The predicted molar refractivity (Wildman–Crippen MR) is 79.8 cm³/mol. The topological polar surface area (TPSA) is 52.5 Å². The second-order valence-corrected chi connectivity index (χ2v) is 5.61. The van der Waals surface area contributed by atoms with Gasteiger partial charge in [0.25, 0.3) is 0 Å². The van der Waals surface area contributed by atoms with Gasteiger partial charge in [-0.3, -0.25) is 0 Å². The lowest BCUT2D eigenvalue weighted by atomic mass is 9.89. The van der Waals surface area contributed by atoms with E-state index in [-0.39, 0.29) is 17.5 Å². The van der Waals surface area contributed by atoms with Crippen molar-refractivity contribution in [1.82, 2.24) is 5.32 Å². The Morgan fingerprint density at radius 1 is 1.05 bits per heavy atom. The van der Waals surface area contributed by atoms with Gasteiger partial charge < -0.3 is 15.5 Å². The van der Waals surface area contributed by atoms with Crippen LogP contribution in [0.1, 0.15) is 22.7 Å². The smallest absolute Gasteiger partial charge is 0.157 e. The zero-order valence-corrected chi connectivity index (χ0v) is 12.0. The molecule has 0 spiro atoms. The molecule has 2 aromatic carbocycles. The molecule has 1 unspecified atom stereocenters. The van der Waals surface area contributed by atoms with Crippen LogP contribution in [0.3, 0.4) is 0 Å². The summed E-state index contributed by atoms with van der Waals surface area (Å²) in [6.07, 6.45) is 0.790. The van der Waals surface area contributed by atoms with E-state index in [1.54, 1.807) is 18.2 Å². The van der Waals surface area contributed by atoms with Gasteiger partial charge in [0, 0.05) is 6.54 Å². The van der Waals surface area contributed by atoms with Crippen LogP contribution in [0.15, 0.2) is 30.3 Å². The lowest BCUT2D eigenvalue weighted by molar-refractivity contribution is 0.400. The van der Waals surface area contributed by atoms with Crippen molar-refractivity contribution < 1.29 is 10.2 Å². The molecule has 1 aliphatic rings. The molecule has 0 fully saturated rings. The number of hydrogen-bond acceptors (Lipinski definition) is 3. The van der Waals surface area contributed by atoms with Crippen LogP contribution in [0.4, 0.5) is 0 Å². The molecule has 0 bridgehead atoms. The first-order valence-corrected chi connectivity index (χ1v) is 7.05. The third-order valence-electron chi connectivity index (χ3n) is 3.58. The number of fused-ring (bicyclic) bond motifs is 1. The van der Waals surface area contributed by atoms with Gasteiger partial charge in [-0.05, 0) is 41.3 Å². The maximum Gasteiger partial charge on any atom is 0.157 e. The number of halogens is 2. The fourth-order valence-electron chi connectivity index (χ4n) is 2.60. The quantitative estimate of drug-likeness (QED) is 0.705. The Bertz CT molecular complexity index is 673. The highest BCUT2D eigenvalue weighted by Crippen LogP contribution is 2.39. The predicted octanol–water partition coefficient (Wildman–Crippen LogP) is 3.64. The van der Waals surface area contributed by atoms with Crippen molar-refractivity contribution >= 4 is 23.2 Å². The van der Waals surface area contributed by atoms with Gasteiger partial charge in [0.15, 0.2) is 11.5 Å². The van der Waals surface area contributed by atoms with Gasteiger partial charge in [-0.1, -0.05) is 35.3 Å². The first-order chi connectivity index (χ1) is 9.58. The van der Waals surface area contributed by atoms with E-state index in [9.17, 15) is 10.2 Å². The Kier molecular flexibility index (Phi) is 3.50. The molecule has 0 aromatic heterocycles. The third-order valence-corrected chi connectivity index (χ3v) is 4.42. The van der Waals surface area contributed by atoms with Gasteiger partial charge in [0.1, 0.15) is 0 Å². The Balaban J connectivity index is 2.14. The van der Waals surface area contributed by atoms with Crippen LogP contribution in [0, 0.1) is 0 Å². The molecule has 3 nitrogen and oxygen atoms in total. The van der Waals surface area contributed by atoms with E-state index in [0.717, 1.165) is 29.7 Å². The highest BCUT2D eigenvalue weighted by atomic mass is 35.5. The first-order valence-electron chi connectivity index (χ1n) is 6.30. The zero-order valence-electron chi connectivity index (χ0n) is 10.5. The summed E-state index contributed by atoms with van der Waals surface area (Å²) >= 11 is 12.3. The van der Waals surface area contributed by atoms with Crippen molar-refractivity contribution in [2.24, 2.45) is 0 Å². The lowest BCUT2D eigenvalue weighted by Gasteiger charge is -2.28. The van der Waals surface area contributed by atoms with Crippen LogP contribution in [0.25, 0.3) is 0 Å². The Morgan fingerprint density at radius 3 is 2.60 bits per heavy atom. The Labute approximate surface area is 126 Å². The van der Waals surface area contributed by atoms with E-state index in [2.05, 4.69) is 5.32 Å². The van der Waals surface area contributed by atoms with Crippen molar-refractivity contribution in [1.29, 1.82) is 0 Å². The summed E-state index contributed by atoms with van der Waals surface area (Å²) in [4.78, 5) is 0. The third kappa shape index (κ3) is 2.22. The normalized spacial score (nSPS) is 17.8. The first kappa shape index (κ1) is 13.6. The molecule has 0 saturated carbocycles. The number of rotatable bonds is 1. The van der Waals surface area contributed by atoms with E-state index in [1.165, 1.54) is 0 Å². The second kappa shape index (κ2) is 5.17. The molecule has 20 heavy (non-hydrogen) atoms. The van der Waals surface area contributed by atoms with Gasteiger partial charge in [-0.25, -0.2) is 0 Å². The fourth-order valence-corrected chi connectivity index (χ4v) is 3.02. The van der Waals surface area contributed by atoms with E-state index >= 15 is 0 Å². The minimum atomic E-state index is -0.142. The average molecular weight is 310 g/mol. The lowest BCUT2D eigenvalue weighted by Crippen LogP contribution is -2.30. The summed E-state index contributed by atoms with van der Waals surface area (Å²) in [5.74, 6) is -0.225. The standard InChI is InChI=1S/C15H13Cl2NO2/c16-11-3-1-2-9(14(11)17)15-10-7-13(20)12(19)6-8(10)4-5-18-15/h1-3,6-7,15,18-20H,4-5H2. The van der Waals surface area contributed by atoms with Gasteiger partial charge in [0.2, 0.25) is 0 Å². The number of phenols is 2. The number of phenolic OH excluding ortho intramolecular Hbond substituents is 2. The molecular formula is C15H13Cl2NO2. The van der Waals surface area contributed by atoms with Crippen LogP contribution in [0.5, 0.6) is 11.5 Å². The van der Waals surface area contributed by atoms with E-state index in [4.69, 9.17) is 23.2 Å². The van der Waals surface area contributed by atoms with Crippen molar-refractivity contribution in [2.75, 3.05) is 6.54 Å². The van der Waals surface area contributed by atoms with Crippen molar-refractivity contribution in [2.45, 2.75) is 12.5 Å². The average Bonchev–Trinajstić information content (AvgIpc) is 2.43. The molecule has 3 N–H and O–H groups in total. The van der Waals surface area contributed by atoms with E-state index < -0.39 is 0 Å². The zero-order chi connectivity index (χ0) is 14.3. The van der Waals surface area contributed by atoms with Crippen molar-refractivity contribution in [3.05, 3.63) is 57.1 Å². The molecule has 104 valence electrons. The molecule has 2 aromatic rings. The largest absolute Gasteiger partial charge is 0.504 e. The SMILES string of the molecule is Oc1cc2c(cc1O)C(c1cccc(Cl)c1Cl)NCC2. The summed E-state index contributed by atoms with van der Waals surface area (Å²) < 4.78 is 0. The molecular weight excluding hydrogens is 297 g/mol. The van der Waals surface area contributed by atoms with Gasteiger partial charge >= 0.3 is 0 Å². The minimum absolute atomic E-state index is 0.0957. The summed E-state index contributed by atoms with van der Waals surface area (Å²) in [7, 11) is 0. The van der Waals surface area contributed by atoms with Crippen molar-refractivity contribution in [3.63, 3.8) is 0 Å². The van der Waals surface area contributed by atoms with Crippen LogP contribution in [-0.4, -0.2) is 16.8 Å². The molecule has 0 aliphatic carbocycles. The van der Waals surface area contributed by atoms with Gasteiger partial charge in [0.05, 0.1) is 16.1 Å². The van der Waals surface area contributed by atoms with Gasteiger partial charge in [-0.2, -0.15) is 0 Å². The highest BCUT2D eigenvalue weighted by Gasteiger charge is 2.25. The van der Waals surface area contributed by atoms with E-state index in [0.29, 0.717) is 10.0 Å². The maximum absolute atomic E-state index is 9.73. The number of nitrogens with one attached hydrogen (secondary N) is 1. The molecule has 1 atom stereocenters. The van der Waals surface area contributed by atoms with E-state index in [1.807, 2.05) is 12.1 Å². The minimum Gasteiger partial charge on any atom is -0.504 e. The monoisotopic (exact) mass is 309 g/mol. The number of aromatic hydroxyl groups is 2. The van der Waals surface area contributed by atoms with Gasteiger partial charge in [-0.15, -0.1) is 0 Å². The summed E-state index contributed by atoms with van der Waals surface area (Å²) in [6, 6.07) is 8.54. The number of hydrogen-bond donors (Lipinski definition) is 3. The maximum atomic E-state index is 9.73. The molecule has 0 radical (unpaired) electrons. The second-order valence-electron chi connectivity index (χ2n) is 4.82. The van der Waals surface area contributed by atoms with Crippen LogP contribution < -0.4 is 5.32 Å². The fraction of sp³-hybridized carbons (Fsp3) is 0.200. The van der Waals surface area contributed by atoms with Crippen LogP contribution in [-0.2, 0) is 6.42 Å². The molecule has 0 amide bonds. The summed E-state index contributed by atoms with van der Waals surface area (Å²) in [5.41, 5.74) is 2.78. The molecule has 1 aliphatic heterocycles. The van der Waals surface area contributed by atoms with Crippen LogP contribution in [0.2, 0.25) is 10.0 Å². The molecule has 5 heteroatoms. The molecule has 3 rings (SSSR count). The van der Waals surface area contributed by atoms with Crippen LogP contribution >= 0.6 is 23.2 Å². The summed E-state index contributed by atoms with van der Waals surface area (Å²) in [5, 5.41) is 23.7. The molecule has 1 heterocycles. The summed E-state index contributed by atoms with van der Waals surface area (Å²) in [6.45, 7) is 0.769. The highest BCUT2D eigenvalue weighted by molar-refractivity contribution is 6.42. The Morgan fingerprint density at radius 2 is 1.80 bits per heavy atom. The Hall–Kier alpha value is -1.42.